The van der Waals surface area contributed by atoms with Gasteiger partial charge in [-0.2, -0.15) is 4.31 Å². The van der Waals surface area contributed by atoms with Crippen LogP contribution in [0, 0.1) is 0 Å². The number of rotatable bonds is 8. The summed E-state index contributed by atoms with van der Waals surface area (Å²) in [5, 5.41) is 0. The molecule has 0 bridgehead atoms. The second-order valence-electron chi connectivity index (χ2n) is 6.65. The van der Waals surface area contributed by atoms with Gasteiger partial charge in [-0.15, -0.1) is 0 Å². The largest absolute Gasteiger partial charge is 0.330 e. The molecule has 1 heterocycles. The Morgan fingerprint density at radius 1 is 0.962 bits per heavy atom. The van der Waals surface area contributed by atoms with Gasteiger partial charge in [0.15, 0.2) is 0 Å². The summed E-state index contributed by atoms with van der Waals surface area (Å²) in [6.07, 6.45) is 1.68. The van der Waals surface area contributed by atoms with E-state index < -0.39 is 10.0 Å². The van der Waals surface area contributed by atoms with Crippen LogP contribution in [0.1, 0.15) is 17.5 Å². The molecule has 26 heavy (non-hydrogen) atoms. The Bertz CT molecular complexity index is 809. The van der Waals surface area contributed by atoms with E-state index in [1.54, 1.807) is 28.6 Å². The lowest BCUT2D eigenvalue weighted by atomic mass is 10.00. The zero-order valence-corrected chi connectivity index (χ0v) is 15.9. The van der Waals surface area contributed by atoms with E-state index in [1.807, 2.05) is 6.07 Å². The minimum atomic E-state index is -3.48. The fraction of sp³-hybridized carbons (Fsp3) is 0.400. The molecule has 6 heteroatoms. The Hall–Kier alpha value is -1.73. The van der Waals surface area contributed by atoms with Crippen molar-refractivity contribution in [2.75, 3.05) is 32.7 Å². The fourth-order valence-corrected chi connectivity index (χ4v) is 4.85. The highest BCUT2D eigenvalue weighted by molar-refractivity contribution is 7.89. The molecular weight excluding hydrogens is 346 g/mol. The Kier molecular flexibility index (Phi) is 6.43. The van der Waals surface area contributed by atoms with Crippen LogP contribution in [0.2, 0.25) is 0 Å². The molecular formula is C20H27N3O2S. The smallest absolute Gasteiger partial charge is 0.243 e. The third kappa shape index (κ3) is 4.51. The molecule has 0 aromatic heterocycles. The first-order valence-electron chi connectivity index (χ1n) is 9.15. The highest BCUT2D eigenvalue weighted by atomic mass is 32.2. The van der Waals surface area contributed by atoms with E-state index in [1.165, 1.54) is 11.1 Å². The summed E-state index contributed by atoms with van der Waals surface area (Å²) in [7, 11) is -3.48. The maximum Gasteiger partial charge on any atom is 0.243 e. The van der Waals surface area contributed by atoms with E-state index >= 15 is 0 Å². The first-order valence-corrected chi connectivity index (χ1v) is 10.6. The molecule has 140 valence electrons. The Labute approximate surface area is 156 Å². The van der Waals surface area contributed by atoms with Crippen LogP contribution in [0.15, 0.2) is 59.5 Å². The molecule has 0 saturated heterocycles. The van der Waals surface area contributed by atoms with Gasteiger partial charge in [-0.25, -0.2) is 8.42 Å². The summed E-state index contributed by atoms with van der Waals surface area (Å²) in [6.45, 7) is 4.00. The quantitative estimate of drug-likeness (QED) is 0.769. The van der Waals surface area contributed by atoms with Crippen molar-refractivity contribution in [1.29, 1.82) is 0 Å². The van der Waals surface area contributed by atoms with Gasteiger partial charge in [0.2, 0.25) is 10.0 Å². The molecule has 0 spiro atoms. The number of fused-ring (bicyclic) bond motifs is 1. The van der Waals surface area contributed by atoms with Crippen LogP contribution < -0.4 is 5.73 Å². The summed E-state index contributed by atoms with van der Waals surface area (Å²) >= 11 is 0. The average molecular weight is 374 g/mol. The molecule has 2 aromatic carbocycles. The van der Waals surface area contributed by atoms with Gasteiger partial charge in [-0.05, 0) is 42.6 Å². The van der Waals surface area contributed by atoms with Crippen molar-refractivity contribution < 1.29 is 8.42 Å². The van der Waals surface area contributed by atoms with Gasteiger partial charge in [0.25, 0.3) is 0 Å². The molecule has 0 radical (unpaired) electrons. The van der Waals surface area contributed by atoms with Gasteiger partial charge in [0.05, 0.1) is 4.90 Å². The number of hydrogen-bond acceptors (Lipinski definition) is 4. The predicted octanol–water partition coefficient (Wildman–Crippen LogP) is 2.08. The molecule has 0 atom stereocenters. The molecule has 1 aliphatic heterocycles. The molecule has 2 N–H and O–H groups in total. The summed E-state index contributed by atoms with van der Waals surface area (Å²) in [5.74, 6) is 0. The minimum Gasteiger partial charge on any atom is -0.330 e. The SMILES string of the molecule is NCCCN(CCN1CCc2ccccc2C1)S(=O)(=O)c1ccccc1. The third-order valence-electron chi connectivity index (χ3n) is 4.87. The van der Waals surface area contributed by atoms with Crippen LogP contribution in [-0.4, -0.2) is 50.3 Å². The highest BCUT2D eigenvalue weighted by Crippen LogP contribution is 2.19. The van der Waals surface area contributed by atoms with Crippen molar-refractivity contribution in [2.45, 2.75) is 24.3 Å². The third-order valence-corrected chi connectivity index (χ3v) is 6.78. The number of sulfonamides is 1. The van der Waals surface area contributed by atoms with Gasteiger partial charge in [-0.3, -0.25) is 4.90 Å². The van der Waals surface area contributed by atoms with Crippen molar-refractivity contribution in [3.05, 3.63) is 65.7 Å². The maximum absolute atomic E-state index is 13.0. The van der Waals surface area contributed by atoms with Crippen LogP contribution in [0.3, 0.4) is 0 Å². The number of nitrogens with zero attached hydrogens (tertiary/aromatic N) is 2. The van der Waals surface area contributed by atoms with E-state index in [0.29, 0.717) is 31.0 Å². The molecule has 3 rings (SSSR count). The summed E-state index contributed by atoms with van der Waals surface area (Å²) in [6, 6.07) is 17.1. The highest BCUT2D eigenvalue weighted by Gasteiger charge is 2.25. The molecule has 0 aliphatic carbocycles. The number of nitrogens with two attached hydrogens (primary N) is 1. The van der Waals surface area contributed by atoms with Crippen molar-refractivity contribution in [2.24, 2.45) is 5.73 Å². The summed E-state index contributed by atoms with van der Waals surface area (Å²) < 4.78 is 27.5. The van der Waals surface area contributed by atoms with Crippen LogP contribution in [-0.2, 0) is 23.0 Å². The summed E-state index contributed by atoms with van der Waals surface area (Å²) in [4.78, 5) is 2.68. The maximum atomic E-state index is 13.0. The first-order chi connectivity index (χ1) is 12.6. The lowest BCUT2D eigenvalue weighted by molar-refractivity contribution is 0.232. The molecule has 0 saturated carbocycles. The monoisotopic (exact) mass is 373 g/mol. The Morgan fingerprint density at radius 3 is 2.38 bits per heavy atom. The molecule has 0 unspecified atom stereocenters. The van der Waals surface area contributed by atoms with Gasteiger partial charge in [0.1, 0.15) is 0 Å². The van der Waals surface area contributed by atoms with Crippen molar-refractivity contribution in [3.8, 4) is 0 Å². The Morgan fingerprint density at radius 2 is 1.65 bits per heavy atom. The van der Waals surface area contributed by atoms with Crippen LogP contribution >= 0.6 is 0 Å². The normalized spacial score (nSPS) is 15.2. The summed E-state index contributed by atoms with van der Waals surface area (Å²) in [5.41, 5.74) is 8.37. The van der Waals surface area contributed by atoms with Crippen LogP contribution in [0.25, 0.3) is 0 Å². The van der Waals surface area contributed by atoms with Crippen molar-refractivity contribution >= 4 is 10.0 Å². The topological polar surface area (TPSA) is 66.6 Å². The van der Waals surface area contributed by atoms with E-state index in [4.69, 9.17) is 5.73 Å². The lowest BCUT2D eigenvalue weighted by Crippen LogP contribution is -2.41. The van der Waals surface area contributed by atoms with E-state index in [0.717, 1.165) is 26.1 Å². The van der Waals surface area contributed by atoms with Crippen molar-refractivity contribution in [1.82, 2.24) is 9.21 Å². The van der Waals surface area contributed by atoms with E-state index in [-0.39, 0.29) is 0 Å². The molecule has 1 aliphatic rings. The molecule has 2 aromatic rings. The zero-order valence-electron chi connectivity index (χ0n) is 15.0. The second kappa shape index (κ2) is 8.77. The fourth-order valence-electron chi connectivity index (χ4n) is 3.36. The van der Waals surface area contributed by atoms with E-state index in [9.17, 15) is 8.42 Å². The zero-order chi connectivity index (χ0) is 18.4. The second-order valence-corrected chi connectivity index (χ2v) is 8.59. The van der Waals surface area contributed by atoms with Gasteiger partial charge in [0, 0.05) is 32.7 Å². The van der Waals surface area contributed by atoms with Gasteiger partial charge >= 0.3 is 0 Å². The van der Waals surface area contributed by atoms with Crippen molar-refractivity contribution in [3.63, 3.8) is 0 Å². The first kappa shape index (κ1) is 19.0. The molecule has 0 amide bonds. The van der Waals surface area contributed by atoms with Gasteiger partial charge in [-0.1, -0.05) is 42.5 Å². The minimum absolute atomic E-state index is 0.348. The number of benzene rings is 2. The lowest BCUT2D eigenvalue weighted by Gasteiger charge is -2.31. The standard InChI is InChI=1S/C20H27N3O2S/c21-12-6-13-23(26(24,25)20-9-2-1-3-10-20)16-15-22-14-11-18-7-4-5-8-19(18)17-22/h1-5,7-10H,6,11-17,21H2. The Balaban J connectivity index is 1.68. The van der Waals surface area contributed by atoms with E-state index in [2.05, 4.69) is 29.2 Å². The molecule has 5 nitrogen and oxygen atoms in total. The van der Waals surface area contributed by atoms with Crippen LogP contribution in [0.5, 0.6) is 0 Å². The number of hydrogen-bond donors (Lipinski definition) is 1. The molecule has 0 fully saturated rings. The average Bonchev–Trinajstić information content (AvgIpc) is 2.68. The van der Waals surface area contributed by atoms with Crippen LogP contribution in [0.4, 0.5) is 0 Å². The van der Waals surface area contributed by atoms with Gasteiger partial charge < -0.3 is 5.73 Å². The predicted molar refractivity (Wildman–Crippen MR) is 104 cm³/mol.